The van der Waals surface area contributed by atoms with E-state index in [1.807, 2.05) is 37.3 Å². The third kappa shape index (κ3) is 5.06. The Morgan fingerprint density at radius 1 is 1.21 bits per heavy atom. The van der Waals surface area contributed by atoms with Crippen molar-refractivity contribution < 1.29 is 4.74 Å². The van der Waals surface area contributed by atoms with Gasteiger partial charge < -0.3 is 9.64 Å². The maximum atomic E-state index is 5.72. The first-order valence-electron chi connectivity index (χ1n) is 7.29. The van der Waals surface area contributed by atoms with Crippen LogP contribution in [0, 0.1) is 11.8 Å². The minimum Gasteiger partial charge on any atom is -0.366 e. The van der Waals surface area contributed by atoms with Crippen molar-refractivity contribution in [1.29, 1.82) is 0 Å². The quantitative estimate of drug-likeness (QED) is 0.752. The van der Waals surface area contributed by atoms with Crippen molar-refractivity contribution in [3.05, 3.63) is 35.9 Å². The zero-order valence-electron chi connectivity index (χ0n) is 11.8. The maximum absolute atomic E-state index is 5.72. The molecule has 2 rings (SSSR count). The molecular weight excluding hydrogens is 234 g/mol. The van der Waals surface area contributed by atoms with Crippen molar-refractivity contribution in [2.24, 2.45) is 0 Å². The van der Waals surface area contributed by atoms with Crippen molar-refractivity contribution in [3.8, 4) is 11.8 Å². The van der Waals surface area contributed by atoms with Crippen LogP contribution in [-0.4, -0.2) is 37.2 Å². The fourth-order valence-electron chi connectivity index (χ4n) is 2.39. The Bertz CT molecular complexity index is 412. The van der Waals surface area contributed by atoms with Crippen LogP contribution >= 0.6 is 0 Å². The first-order valence-corrected chi connectivity index (χ1v) is 7.29. The zero-order chi connectivity index (χ0) is 13.3. The summed E-state index contributed by atoms with van der Waals surface area (Å²) >= 11 is 0. The summed E-state index contributed by atoms with van der Waals surface area (Å²) < 4.78 is 5.72. The molecule has 1 aromatic rings. The van der Waals surface area contributed by atoms with E-state index < -0.39 is 0 Å². The van der Waals surface area contributed by atoms with E-state index in [4.69, 9.17) is 4.74 Å². The molecule has 2 heteroatoms. The number of hydrogen-bond donors (Lipinski definition) is 0. The third-order valence-corrected chi connectivity index (χ3v) is 3.43. The summed E-state index contributed by atoms with van der Waals surface area (Å²) in [5.74, 6) is 6.47. The topological polar surface area (TPSA) is 12.5 Å². The van der Waals surface area contributed by atoms with Gasteiger partial charge in [0, 0.05) is 18.7 Å². The Morgan fingerprint density at radius 2 is 1.95 bits per heavy atom. The van der Waals surface area contributed by atoms with Crippen molar-refractivity contribution in [1.82, 2.24) is 4.90 Å². The standard InChI is InChI=1S/C17H23NO/c1-2-19-17(12-15-18-13-6-7-14-18)11-10-16-8-4-3-5-9-16/h3-5,8-9,17H,2,6-7,12-15H2,1H3. The fourth-order valence-corrected chi connectivity index (χ4v) is 2.39. The maximum Gasteiger partial charge on any atom is 0.119 e. The molecule has 1 saturated heterocycles. The van der Waals surface area contributed by atoms with Gasteiger partial charge in [0.1, 0.15) is 6.10 Å². The largest absolute Gasteiger partial charge is 0.366 e. The van der Waals surface area contributed by atoms with Gasteiger partial charge in [0.15, 0.2) is 0 Å². The molecule has 0 aromatic heterocycles. The highest BCUT2D eigenvalue weighted by atomic mass is 16.5. The summed E-state index contributed by atoms with van der Waals surface area (Å²) in [6.45, 7) is 6.35. The van der Waals surface area contributed by atoms with Gasteiger partial charge >= 0.3 is 0 Å². The summed E-state index contributed by atoms with van der Waals surface area (Å²) in [5, 5.41) is 0. The monoisotopic (exact) mass is 257 g/mol. The molecule has 102 valence electrons. The number of benzene rings is 1. The van der Waals surface area contributed by atoms with E-state index >= 15 is 0 Å². The number of rotatable bonds is 5. The lowest BCUT2D eigenvalue weighted by Crippen LogP contribution is -2.25. The molecule has 0 spiro atoms. The highest BCUT2D eigenvalue weighted by molar-refractivity contribution is 5.34. The minimum atomic E-state index is 0.0609. The van der Waals surface area contributed by atoms with Crippen LogP contribution in [-0.2, 0) is 4.74 Å². The van der Waals surface area contributed by atoms with Gasteiger partial charge in [-0.05, 0) is 51.4 Å². The number of likely N-dealkylation sites (tertiary alicyclic amines) is 1. The van der Waals surface area contributed by atoms with Gasteiger partial charge in [-0.3, -0.25) is 0 Å². The second-order valence-corrected chi connectivity index (χ2v) is 4.92. The van der Waals surface area contributed by atoms with Crippen molar-refractivity contribution in [3.63, 3.8) is 0 Å². The normalized spacial score (nSPS) is 16.9. The van der Waals surface area contributed by atoms with Crippen molar-refractivity contribution >= 4 is 0 Å². The summed E-state index contributed by atoms with van der Waals surface area (Å²) in [4.78, 5) is 2.51. The molecule has 2 nitrogen and oxygen atoms in total. The third-order valence-electron chi connectivity index (χ3n) is 3.43. The van der Waals surface area contributed by atoms with Gasteiger partial charge in [-0.1, -0.05) is 30.0 Å². The van der Waals surface area contributed by atoms with Gasteiger partial charge in [0.25, 0.3) is 0 Å². The van der Waals surface area contributed by atoms with Crippen LogP contribution in [0.1, 0.15) is 31.7 Å². The van der Waals surface area contributed by atoms with Gasteiger partial charge in [-0.25, -0.2) is 0 Å². The van der Waals surface area contributed by atoms with Crippen molar-refractivity contribution in [2.45, 2.75) is 32.3 Å². The first kappa shape index (κ1) is 14.1. The molecule has 0 N–H and O–H groups in total. The molecule has 0 saturated carbocycles. The average molecular weight is 257 g/mol. The molecule has 1 aliphatic rings. The molecule has 0 amide bonds. The average Bonchev–Trinajstić information content (AvgIpc) is 2.96. The van der Waals surface area contributed by atoms with Crippen molar-refractivity contribution in [2.75, 3.05) is 26.2 Å². The first-order chi connectivity index (χ1) is 9.38. The summed E-state index contributed by atoms with van der Waals surface area (Å²) in [7, 11) is 0. The molecule has 1 aliphatic heterocycles. The summed E-state index contributed by atoms with van der Waals surface area (Å²) in [5.41, 5.74) is 1.06. The van der Waals surface area contributed by atoms with Crippen LogP contribution in [0.2, 0.25) is 0 Å². The van der Waals surface area contributed by atoms with Crippen LogP contribution in [0.15, 0.2) is 30.3 Å². The summed E-state index contributed by atoms with van der Waals surface area (Å²) in [6.07, 6.45) is 3.75. The van der Waals surface area contributed by atoms with Crippen LogP contribution in [0.4, 0.5) is 0 Å². The number of nitrogens with zero attached hydrogens (tertiary/aromatic N) is 1. The Hall–Kier alpha value is -1.30. The molecule has 1 fully saturated rings. The molecule has 1 unspecified atom stereocenters. The number of hydrogen-bond acceptors (Lipinski definition) is 2. The van der Waals surface area contributed by atoms with Gasteiger partial charge in [-0.2, -0.15) is 0 Å². The van der Waals surface area contributed by atoms with Crippen LogP contribution in [0.5, 0.6) is 0 Å². The van der Waals surface area contributed by atoms with E-state index in [9.17, 15) is 0 Å². The van der Waals surface area contributed by atoms with Gasteiger partial charge in [0.05, 0.1) is 0 Å². The van der Waals surface area contributed by atoms with Crippen LogP contribution in [0.25, 0.3) is 0 Å². The SMILES string of the molecule is CCOC(C#Cc1ccccc1)CCN1CCCC1. The minimum absolute atomic E-state index is 0.0609. The summed E-state index contributed by atoms with van der Waals surface area (Å²) in [6, 6.07) is 10.1. The molecule has 0 aliphatic carbocycles. The van der Waals surface area contributed by atoms with E-state index in [1.165, 1.54) is 25.9 Å². The molecule has 1 atom stereocenters. The van der Waals surface area contributed by atoms with E-state index in [1.54, 1.807) is 0 Å². The molecule has 0 bridgehead atoms. The van der Waals surface area contributed by atoms with E-state index in [2.05, 4.69) is 16.7 Å². The fraction of sp³-hybridized carbons (Fsp3) is 0.529. The van der Waals surface area contributed by atoms with Crippen LogP contribution < -0.4 is 0 Å². The van der Waals surface area contributed by atoms with Crippen LogP contribution in [0.3, 0.4) is 0 Å². The predicted molar refractivity (Wildman–Crippen MR) is 79.0 cm³/mol. The van der Waals surface area contributed by atoms with Gasteiger partial charge in [-0.15, -0.1) is 0 Å². The highest BCUT2D eigenvalue weighted by Gasteiger charge is 2.13. The Balaban J connectivity index is 1.86. The highest BCUT2D eigenvalue weighted by Crippen LogP contribution is 2.09. The second-order valence-electron chi connectivity index (χ2n) is 4.92. The molecule has 1 aromatic carbocycles. The smallest absolute Gasteiger partial charge is 0.119 e. The molecule has 0 radical (unpaired) electrons. The predicted octanol–water partition coefficient (Wildman–Crippen LogP) is 2.93. The van der Waals surface area contributed by atoms with E-state index in [0.717, 1.165) is 25.1 Å². The Labute approximate surface area is 116 Å². The second kappa shape index (κ2) is 7.99. The van der Waals surface area contributed by atoms with Gasteiger partial charge in [0.2, 0.25) is 0 Å². The number of ether oxygens (including phenoxy) is 1. The lowest BCUT2D eigenvalue weighted by Gasteiger charge is -2.17. The molecule has 19 heavy (non-hydrogen) atoms. The zero-order valence-corrected chi connectivity index (χ0v) is 11.8. The van der Waals surface area contributed by atoms with E-state index in [-0.39, 0.29) is 6.10 Å². The lowest BCUT2D eigenvalue weighted by atomic mass is 10.2. The molecule has 1 heterocycles. The molecular formula is C17H23NO. The lowest BCUT2D eigenvalue weighted by molar-refractivity contribution is 0.0889. The Kier molecular flexibility index (Phi) is 5.94. The Morgan fingerprint density at radius 3 is 2.63 bits per heavy atom. The van der Waals surface area contributed by atoms with E-state index in [0.29, 0.717) is 0 Å².